The van der Waals surface area contributed by atoms with E-state index in [9.17, 15) is 8.42 Å². The van der Waals surface area contributed by atoms with Gasteiger partial charge in [0.1, 0.15) is 0 Å². The Morgan fingerprint density at radius 2 is 1.74 bits per heavy atom. The molecule has 124 valence electrons. The number of hydrogen-bond acceptors (Lipinski definition) is 3. The number of sulfonamides is 1. The second kappa shape index (κ2) is 8.06. The summed E-state index contributed by atoms with van der Waals surface area (Å²) >= 11 is 3.39. The van der Waals surface area contributed by atoms with Gasteiger partial charge in [-0.05, 0) is 46.5 Å². The second-order valence-electron chi connectivity index (χ2n) is 5.32. The molecule has 4 nitrogen and oxygen atoms in total. The summed E-state index contributed by atoms with van der Waals surface area (Å²) < 4.78 is 28.0. The molecule has 0 saturated heterocycles. The third-order valence-corrected chi connectivity index (χ3v) is 6.90. The highest BCUT2D eigenvalue weighted by Gasteiger charge is 2.26. The van der Waals surface area contributed by atoms with Crippen LogP contribution in [0.2, 0.25) is 0 Å². The highest BCUT2D eigenvalue weighted by atomic mass is 79.9. The van der Waals surface area contributed by atoms with Crippen LogP contribution in [-0.2, 0) is 16.4 Å². The van der Waals surface area contributed by atoms with Crippen molar-refractivity contribution in [2.45, 2.75) is 18.2 Å². The molecule has 0 fully saturated rings. The Morgan fingerprint density at radius 1 is 1.04 bits per heavy atom. The SMILES string of the molecule is Cc1cccc(S(=O)(=O)N(CCN)CCc2ccccc2)c1Br. The Balaban J connectivity index is 2.26. The van der Waals surface area contributed by atoms with E-state index in [0.717, 1.165) is 11.1 Å². The predicted molar refractivity (Wildman–Crippen MR) is 96.8 cm³/mol. The van der Waals surface area contributed by atoms with Gasteiger partial charge in [0.15, 0.2) is 0 Å². The van der Waals surface area contributed by atoms with E-state index >= 15 is 0 Å². The van der Waals surface area contributed by atoms with Crippen LogP contribution in [0.5, 0.6) is 0 Å². The maximum absolute atomic E-state index is 13.0. The van der Waals surface area contributed by atoms with Gasteiger partial charge >= 0.3 is 0 Å². The van der Waals surface area contributed by atoms with Crippen LogP contribution in [0.4, 0.5) is 0 Å². The average Bonchev–Trinajstić information content (AvgIpc) is 2.54. The largest absolute Gasteiger partial charge is 0.329 e. The Kier molecular flexibility index (Phi) is 6.35. The third-order valence-electron chi connectivity index (χ3n) is 3.65. The lowest BCUT2D eigenvalue weighted by Crippen LogP contribution is -2.37. The molecule has 0 atom stereocenters. The minimum Gasteiger partial charge on any atom is -0.329 e. The zero-order chi connectivity index (χ0) is 16.9. The van der Waals surface area contributed by atoms with Crippen LogP contribution in [0, 0.1) is 6.92 Å². The van der Waals surface area contributed by atoms with E-state index < -0.39 is 10.0 Å². The van der Waals surface area contributed by atoms with Crippen LogP contribution in [0.15, 0.2) is 57.9 Å². The molecule has 0 unspecified atom stereocenters. The quantitative estimate of drug-likeness (QED) is 0.782. The van der Waals surface area contributed by atoms with Crippen molar-refractivity contribution >= 4 is 26.0 Å². The summed E-state index contributed by atoms with van der Waals surface area (Å²) in [5, 5.41) is 0. The molecular formula is C17H21BrN2O2S. The molecule has 23 heavy (non-hydrogen) atoms. The number of nitrogens with two attached hydrogens (primary N) is 1. The first-order chi connectivity index (χ1) is 11.0. The van der Waals surface area contributed by atoms with E-state index in [1.165, 1.54) is 4.31 Å². The maximum Gasteiger partial charge on any atom is 0.244 e. The van der Waals surface area contributed by atoms with Crippen LogP contribution in [0.1, 0.15) is 11.1 Å². The number of rotatable bonds is 7. The van der Waals surface area contributed by atoms with Gasteiger partial charge in [-0.3, -0.25) is 0 Å². The first-order valence-electron chi connectivity index (χ1n) is 7.46. The Morgan fingerprint density at radius 3 is 2.39 bits per heavy atom. The summed E-state index contributed by atoms with van der Waals surface area (Å²) in [7, 11) is -3.58. The van der Waals surface area contributed by atoms with Crippen molar-refractivity contribution in [2.75, 3.05) is 19.6 Å². The van der Waals surface area contributed by atoms with Crippen molar-refractivity contribution in [3.8, 4) is 0 Å². The zero-order valence-electron chi connectivity index (χ0n) is 13.1. The van der Waals surface area contributed by atoms with Gasteiger partial charge in [0, 0.05) is 24.1 Å². The lowest BCUT2D eigenvalue weighted by molar-refractivity contribution is 0.421. The molecule has 0 saturated carbocycles. The molecule has 0 heterocycles. The lowest BCUT2D eigenvalue weighted by Gasteiger charge is -2.22. The Hall–Kier alpha value is -1.21. The first kappa shape index (κ1) is 18.1. The molecule has 2 rings (SSSR count). The fourth-order valence-corrected chi connectivity index (χ4v) is 4.83. The summed E-state index contributed by atoms with van der Waals surface area (Å²) in [4.78, 5) is 0.291. The second-order valence-corrected chi connectivity index (χ2v) is 8.01. The van der Waals surface area contributed by atoms with Crippen LogP contribution in [0.3, 0.4) is 0 Å². The summed E-state index contributed by atoms with van der Waals surface area (Å²) in [6.07, 6.45) is 0.656. The minimum absolute atomic E-state index is 0.289. The van der Waals surface area contributed by atoms with Crippen LogP contribution >= 0.6 is 15.9 Å². The average molecular weight is 397 g/mol. The molecule has 2 N–H and O–H groups in total. The highest BCUT2D eigenvalue weighted by Crippen LogP contribution is 2.27. The van der Waals surface area contributed by atoms with E-state index in [4.69, 9.17) is 5.73 Å². The van der Waals surface area contributed by atoms with E-state index in [1.54, 1.807) is 12.1 Å². The molecule has 0 spiro atoms. The topological polar surface area (TPSA) is 63.4 Å². The molecule has 2 aromatic carbocycles. The third kappa shape index (κ3) is 4.41. The van der Waals surface area contributed by atoms with E-state index in [2.05, 4.69) is 15.9 Å². The van der Waals surface area contributed by atoms with Crippen molar-refractivity contribution < 1.29 is 8.42 Å². The van der Waals surface area contributed by atoms with Crippen molar-refractivity contribution in [1.82, 2.24) is 4.31 Å². The first-order valence-corrected chi connectivity index (χ1v) is 9.69. The molecule has 0 aliphatic heterocycles. The van der Waals surface area contributed by atoms with Crippen molar-refractivity contribution in [2.24, 2.45) is 5.73 Å². The highest BCUT2D eigenvalue weighted by molar-refractivity contribution is 9.10. The van der Waals surface area contributed by atoms with Gasteiger partial charge in [-0.1, -0.05) is 42.5 Å². The van der Waals surface area contributed by atoms with Gasteiger partial charge in [-0.25, -0.2) is 8.42 Å². The monoisotopic (exact) mass is 396 g/mol. The van der Waals surface area contributed by atoms with Gasteiger partial charge in [0.2, 0.25) is 10.0 Å². The molecule has 0 radical (unpaired) electrons. The van der Waals surface area contributed by atoms with Crippen LogP contribution in [0.25, 0.3) is 0 Å². The maximum atomic E-state index is 13.0. The number of hydrogen-bond donors (Lipinski definition) is 1. The number of aryl methyl sites for hydroxylation is 1. The fraction of sp³-hybridized carbons (Fsp3) is 0.294. The molecular weight excluding hydrogens is 376 g/mol. The lowest BCUT2D eigenvalue weighted by atomic mass is 10.1. The van der Waals surface area contributed by atoms with Crippen molar-refractivity contribution in [3.63, 3.8) is 0 Å². The van der Waals surface area contributed by atoms with Gasteiger partial charge in [-0.15, -0.1) is 0 Å². The molecule has 6 heteroatoms. The molecule has 0 aliphatic carbocycles. The summed E-state index contributed by atoms with van der Waals surface area (Å²) in [5.41, 5.74) is 7.62. The smallest absolute Gasteiger partial charge is 0.244 e. The summed E-state index contributed by atoms with van der Waals surface area (Å²) in [6, 6.07) is 15.1. The predicted octanol–water partition coefficient (Wildman–Crippen LogP) is 2.95. The molecule has 0 amide bonds. The molecule has 0 aliphatic rings. The van der Waals surface area contributed by atoms with Crippen LogP contribution < -0.4 is 5.73 Å². The molecule has 2 aromatic rings. The molecule has 0 aromatic heterocycles. The van der Waals surface area contributed by atoms with Crippen LogP contribution in [-0.4, -0.2) is 32.4 Å². The van der Waals surface area contributed by atoms with Gasteiger partial charge in [0.05, 0.1) is 4.90 Å². The van der Waals surface area contributed by atoms with Crippen molar-refractivity contribution in [3.05, 3.63) is 64.1 Å². The standard InChI is InChI=1S/C17H21BrN2O2S/c1-14-6-5-9-16(17(14)18)23(21,22)20(13-11-19)12-10-15-7-3-2-4-8-15/h2-9H,10-13,19H2,1H3. The number of nitrogens with zero attached hydrogens (tertiary/aromatic N) is 1. The van der Waals surface area contributed by atoms with E-state index in [0.29, 0.717) is 28.9 Å². The fourth-order valence-electron chi connectivity index (χ4n) is 2.35. The zero-order valence-corrected chi connectivity index (χ0v) is 15.5. The normalized spacial score (nSPS) is 11.8. The minimum atomic E-state index is -3.58. The van der Waals surface area contributed by atoms with Gasteiger partial charge in [-0.2, -0.15) is 4.31 Å². The number of halogens is 1. The van der Waals surface area contributed by atoms with E-state index in [1.807, 2.05) is 43.3 Å². The van der Waals surface area contributed by atoms with Crippen molar-refractivity contribution in [1.29, 1.82) is 0 Å². The Bertz CT molecular complexity index is 748. The van der Waals surface area contributed by atoms with Gasteiger partial charge < -0.3 is 5.73 Å². The molecule has 0 bridgehead atoms. The Labute approximate surface area is 146 Å². The summed E-state index contributed by atoms with van der Waals surface area (Å²) in [6.45, 7) is 2.87. The number of benzene rings is 2. The van der Waals surface area contributed by atoms with E-state index in [-0.39, 0.29) is 6.54 Å². The van der Waals surface area contributed by atoms with Gasteiger partial charge in [0.25, 0.3) is 0 Å². The summed E-state index contributed by atoms with van der Waals surface area (Å²) in [5.74, 6) is 0.